The van der Waals surface area contributed by atoms with Gasteiger partial charge in [-0.15, -0.1) is 11.3 Å². The molecule has 4 aromatic rings. The number of aryl methyl sites for hydroxylation is 2. The highest BCUT2D eigenvalue weighted by atomic mass is 32.1. The van der Waals surface area contributed by atoms with Crippen LogP contribution in [0.15, 0.2) is 65.7 Å². The van der Waals surface area contributed by atoms with Crippen molar-refractivity contribution in [2.45, 2.75) is 26.3 Å². The zero-order valence-electron chi connectivity index (χ0n) is 16.7. The topological polar surface area (TPSA) is 55.2 Å². The Morgan fingerprint density at radius 2 is 1.87 bits per heavy atom. The summed E-state index contributed by atoms with van der Waals surface area (Å²) < 4.78 is 1.44. The van der Waals surface area contributed by atoms with Crippen molar-refractivity contribution < 1.29 is 4.79 Å². The average molecular weight is 416 g/mol. The van der Waals surface area contributed by atoms with E-state index in [0.717, 1.165) is 34.5 Å². The van der Waals surface area contributed by atoms with Crippen LogP contribution < -0.4 is 10.5 Å². The molecule has 0 bridgehead atoms. The van der Waals surface area contributed by atoms with Crippen LogP contribution in [-0.2, 0) is 17.8 Å². The molecule has 3 heterocycles. The van der Waals surface area contributed by atoms with E-state index in [-0.39, 0.29) is 18.0 Å². The minimum Gasteiger partial charge on any atom is -0.311 e. The lowest BCUT2D eigenvalue weighted by molar-refractivity contribution is -0.119. The number of benzene rings is 2. The Balaban J connectivity index is 1.54. The highest BCUT2D eigenvalue weighted by Crippen LogP contribution is 2.35. The van der Waals surface area contributed by atoms with Gasteiger partial charge in [-0.1, -0.05) is 48.5 Å². The summed E-state index contributed by atoms with van der Waals surface area (Å²) in [6, 6.07) is 17.9. The molecule has 0 saturated heterocycles. The molecule has 1 aliphatic heterocycles. The van der Waals surface area contributed by atoms with Crippen LogP contribution in [0.2, 0.25) is 0 Å². The van der Waals surface area contributed by atoms with Gasteiger partial charge in [-0.2, -0.15) is 0 Å². The Kier molecular flexibility index (Phi) is 4.71. The largest absolute Gasteiger partial charge is 0.311 e. The van der Waals surface area contributed by atoms with Gasteiger partial charge < -0.3 is 4.90 Å². The zero-order chi connectivity index (χ0) is 20.7. The van der Waals surface area contributed by atoms with Crippen molar-refractivity contribution in [3.8, 4) is 11.1 Å². The molecule has 0 spiro atoms. The number of aromatic nitrogens is 2. The van der Waals surface area contributed by atoms with E-state index in [1.54, 1.807) is 4.90 Å². The second-order valence-electron chi connectivity index (χ2n) is 7.53. The van der Waals surface area contributed by atoms with E-state index in [9.17, 15) is 9.59 Å². The number of thiophene rings is 1. The fraction of sp³-hybridized carbons (Fsp3) is 0.208. The lowest BCUT2D eigenvalue weighted by Crippen LogP contribution is -2.39. The molecule has 6 heteroatoms. The van der Waals surface area contributed by atoms with E-state index >= 15 is 0 Å². The Morgan fingerprint density at radius 1 is 1.10 bits per heavy atom. The molecule has 1 amide bonds. The van der Waals surface area contributed by atoms with Crippen molar-refractivity contribution >= 4 is 33.1 Å². The van der Waals surface area contributed by atoms with Gasteiger partial charge in [-0.05, 0) is 37.0 Å². The van der Waals surface area contributed by atoms with Gasteiger partial charge in [0.1, 0.15) is 11.4 Å². The summed E-state index contributed by atoms with van der Waals surface area (Å²) in [5.74, 6) is -0.0846. The summed E-state index contributed by atoms with van der Waals surface area (Å²) >= 11 is 1.51. The third-order valence-electron chi connectivity index (χ3n) is 5.63. The van der Waals surface area contributed by atoms with Crippen molar-refractivity contribution in [3.05, 3.63) is 81.7 Å². The number of fused-ring (bicyclic) bond motifs is 2. The van der Waals surface area contributed by atoms with Gasteiger partial charge in [0.05, 0.1) is 11.7 Å². The number of anilines is 1. The highest BCUT2D eigenvalue weighted by Gasteiger charge is 2.23. The molecule has 1 aliphatic rings. The monoisotopic (exact) mass is 415 g/mol. The van der Waals surface area contributed by atoms with Crippen molar-refractivity contribution in [2.24, 2.45) is 0 Å². The minimum absolute atomic E-state index is 0.0147. The van der Waals surface area contributed by atoms with Gasteiger partial charge >= 0.3 is 0 Å². The number of nitrogens with zero attached hydrogens (tertiary/aromatic N) is 3. The molecule has 0 radical (unpaired) electrons. The smallest absolute Gasteiger partial charge is 0.263 e. The maximum Gasteiger partial charge on any atom is 0.263 e. The number of para-hydroxylation sites is 1. The summed E-state index contributed by atoms with van der Waals surface area (Å²) in [7, 11) is 0. The second kappa shape index (κ2) is 7.54. The van der Waals surface area contributed by atoms with Crippen LogP contribution in [0.3, 0.4) is 0 Å². The number of rotatable bonds is 3. The van der Waals surface area contributed by atoms with Crippen LogP contribution in [0.5, 0.6) is 0 Å². The Bertz CT molecular complexity index is 1310. The number of carbonyl (C=O) groups excluding carboxylic acids is 1. The highest BCUT2D eigenvalue weighted by molar-refractivity contribution is 7.19. The second-order valence-corrected chi connectivity index (χ2v) is 8.74. The van der Waals surface area contributed by atoms with Gasteiger partial charge in [0.15, 0.2) is 0 Å². The van der Waals surface area contributed by atoms with Gasteiger partial charge in [-0.25, -0.2) is 4.98 Å². The lowest BCUT2D eigenvalue weighted by atomic mass is 10.0. The van der Waals surface area contributed by atoms with Gasteiger partial charge in [-0.3, -0.25) is 14.2 Å². The molecular formula is C24H21N3O2S. The van der Waals surface area contributed by atoms with Crippen LogP contribution in [0.25, 0.3) is 21.3 Å². The third-order valence-corrected chi connectivity index (χ3v) is 6.65. The van der Waals surface area contributed by atoms with Crippen LogP contribution in [0.4, 0.5) is 5.69 Å². The molecule has 2 aromatic heterocycles. The summed E-state index contributed by atoms with van der Waals surface area (Å²) in [5, 5.41) is 0.595. The van der Waals surface area contributed by atoms with Crippen molar-refractivity contribution in [1.29, 1.82) is 0 Å². The van der Waals surface area contributed by atoms with Gasteiger partial charge in [0, 0.05) is 22.7 Å². The normalized spacial score (nSPS) is 13.4. The first-order valence-electron chi connectivity index (χ1n) is 10.1. The molecule has 0 saturated carbocycles. The number of carbonyl (C=O) groups is 1. The Hall–Kier alpha value is -3.25. The molecule has 5 nitrogen and oxygen atoms in total. The minimum atomic E-state index is -0.165. The molecule has 2 aromatic carbocycles. The first-order chi connectivity index (χ1) is 14.6. The van der Waals surface area contributed by atoms with Crippen molar-refractivity contribution in [1.82, 2.24) is 9.55 Å². The molecule has 0 fully saturated rings. The molecule has 0 atom stereocenters. The van der Waals surface area contributed by atoms with Gasteiger partial charge in [0.2, 0.25) is 5.91 Å². The number of hydrogen-bond acceptors (Lipinski definition) is 4. The van der Waals surface area contributed by atoms with Crippen LogP contribution in [-0.4, -0.2) is 22.0 Å². The van der Waals surface area contributed by atoms with E-state index in [2.05, 4.69) is 11.1 Å². The standard InChI is InChI=1S/C24H21N3O2S/c1-16-21(18-9-3-2-4-10-18)22-23(30-16)25-15-26(24(22)29)14-20(28)27-13-7-11-17-8-5-6-12-19(17)27/h2-6,8-10,12,15H,7,11,13-14H2,1H3. The first-order valence-corrected chi connectivity index (χ1v) is 10.9. The number of hydrogen-bond donors (Lipinski definition) is 0. The predicted molar refractivity (Wildman–Crippen MR) is 121 cm³/mol. The summed E-state index contributed by atoms with van der Waals surface area (Å²) in [6.07, 6.45) is 3.40. The van der Waals surface area contributed by atoms with Gasteiger partial charge in [0.25, 0.3) is 5.56 Å². The Morgan fingerprint density at radius 3 is 2.70 bits per heavy atom. The summed E-state index contributed by atoms with van der Waals surface area (Å²) in [4.78, 5) is 34.5. The SMILES string of the molecule is Cc1sc2ncn(CC(=O)N3CCCc4ccccc43)c(=O)c2c1-c1ccccc1. The molecule has 0 unspecified atom stereocenters. The maximum absolute atomic E-state index is 13.4. The fourth-order valence-electron chi connectivity index (χ4n) is 4.23. The van der Waals surface area contributed by atoms with Crippen molar-refractivity contribution in [2.75, 3.05) is 11.4 Å². The maximum atomic E-state index is 13.4. The Labute approximate surface area is 178 Å². The summed E-state index contributed by atoms with van der Waals surface area (Å²) in [5.41, 5.74) is 3.87. The van der Waals surface area contributed by atoms with Crippen LogP contribution in [0.1, 0.15) is 16.9 Å². The first kappa shape index (κ1) is 18.8. The quantitative estimate of drug-likeness (QED) is 0.498. The van der Waals surface area contributed by atoms with Crippen LogP contribution >= 0.6 is 11.3 Å². The van der Waals surface area contributed by atoms with Crippen molar-refractivity contribution in [3.63, 3.8) is 0 Å². The van der Waals surface area contributed by atoms with E-state index in [1.165, 1.54) is 27.8 Å². The lowest BCUT2D eigenvalue weighted by Gasteiger charge is -2.29. The average Bonchev–Trinajstić information content (AvgIpc) is 3.12. The molecule has 5 rings (SSSR count). The van der Waals surface area contributed by atoms with Crippen LogP contribution in [0, 0.1) is 6.92 Å². The zero-order valence-corrected chi connectivity index (χ0v) is 17.5. The van der Waals surface area contributed by atoms with E-state index in [4.69, 9.17) is 0 Å². The molecule has 150 valence electrons. The molecule has 0 N–H and O–H groups in total. The third kappa shape index (κ3) is 3.13. The number of amides is 1. The molecule has 0 aliphatic carbocycles. The summed E-state index contributed by atoms with van der Waals surface area (Å²) in [6.45, 7) is 2.67. The van der Waals surface area contributed by atoms with E-state index < -0.39 is 0 Å². The molecular weight excluding hydrogens is 394 g/mol. The van der Waals surface area contributed by atoms with E-state index in [0.29, 0.717) is 16.8 Å². The fourth-order valence-corrected chi connectivity index (χ4v) is 5.23. The predicted octanol–water partition coefficient (Wildman–Crippen LogP) is 4.41. The van der Waals surface area contributed by atoms with E-state index in [1.807, 2.05) is 55.5 Å². The molecule has 30 heavy (non-hydrogen) atoms.